The number of piperidine rings is 1. The summed E-state index contributed by atoms with van der Waals surface area (Å²) in [6.07, 6.45) is 2.49. The predicted octanol–water partition coefficient (Wildman–Crippen LogP) is 2.41. The average molecular weight is 381 g/mol. The zero-order chi connectivity index (χ0) is 19.5. The molecule has 2 N–H and O–H groups in total. The summed E-state index contributed by atoms with van der Waals surface area (Å²) in [5.41, 5.74) is 3.36. The molecule has 148 valence electrons. The Labute approximate surface area is 164 Å². The van der Waals surface area contributed by atoms with Gasteiger partial charge in [-0.3, -0.25) is 9.48 Å². The van der Waals surface area contributed by atoms with Gasteiger partial charge in [-0.25, -0.2) is 0 Å². The molecule has 0 atom stereocenters. The van der Waals surface area contributed by atoms with E-state index in [9.17, 15) is 4.79 Å². The van der Waals surface area contributed by atoms with Crippen LogP contribution in [0, 0.1) is 0 Å². The second kappa shape index (κ2) is 8.16. The maximum Gasteiger partial charge on any atom is 0.271 e. The Balaban J connectivity index is 1.36. The molecule has 3 heterocycles. The number of aromatic nitrogens is 3. The number of hydrogen-bond acceptors (Lipinski definition) is 4. The first-order valence-electron chi connectivity index (χ1n) is 9.79. The molecule has 3 aromatic rings. The first kappa shape index (κ1) is 18.7. The Morgan fingerprint density at radius 2 is 2.07 bits per heavy atom. The van der Waals surface area contributed by atoms with E-state index in [1.807, 2.05) is 31.3 Å². The molecule has 7 heteroatoms. The van der Waals surface area contributed by atoms with Gasteiger partial charge in [0, 0.05) is 51.2 Å². The van der Waals surface area contributed by atoms with Gasteiger partial charge in [0.2, 0.25) is 0 Å². The van der Waals surface area contributed by atoms with Crippen molar-refractivity contribution in [3.05, 3.63) is 42.1 Å². The Kier molecular flexibility index (Phi) is 5.45. The number of rotatable bonds is 6. The third kappa shape index (κ3) is 3.95. The lowest BCUT2D eigenvalue weighted by Crippen LogP contribution is -2.41. The fraction of sp³-hybridized carbons (Fsp3) is 0.429. The van der Waals surface area contributed by atoms with Crippen LogP contribution in [0.2, 0.25) is 0 Å². The van der Waals surface area contributed by atoms with Crippen molar-refractivity contribution in [2.75, 3.05) is 33.3 Å². The smallest absolute Gasteiger partial charge is 0.271 e. The maximum atomic E-state index is 12.5. The molecule has 1 amide bonds. The van der Waals surface area contributed by atoms with Gasteiger partial charge in [-0.1, -0.05) is 18.2 Å². The number of carbonyl (C=O) groups is 1. The summed E-state index contributed by atoms with van der Waals surface area (Å²) in [5, 5.41) is 8.53. The van der Waals surface area contributed by atoms with Crippen molar-refractivity contribution in [2.24, 2.45) is 7.05 Å². The maximum absolute atomic E-state index is 12.5. The van der Waals surface area contributed by atoms with E-state index in [-0.39, 0.29) is 5.91 Å². The first-order chi connectivity index (χ1) is 13.6. The number of nitrogens with zero attached hydrogens (tertiary/aromatic N) is 3. The van der Waals surface area contributed by atoms with Crippen LogP contribution in [0.5, 0.6) is 0 Å². The number of aromatic amines is 1. The number of fused-ring (bicyclic) bond motifs is 1. The lowest BCUT2D eigenvalue weighted by molar-refractivity contribution is 0.0413. The van der Waals surface area contributed by atoms with Gasteiger partial charge in [0.1, 0.15) is 0 Å². The van der Waals surface area contributed by atoms with Gasteiger partial charge < -0.3 is 19.9 Å². The molecule has 1 fully saturated rings. The second-order valence-corrected chi connectivity index (χ2v) is 7.34. The van der Waals surface area contributed by atoms with Crippen LogP contribution < -0.4 is 5.32 Å². The molecule has 1 aromatic carbocycles. The zero-order valence-corrected chi connectivity index (χ0v) is 16.4. The molecule has 0 unspecified atom stereocenters. The highest BCUT2D eigenvalue weighted by Crippen LogP contribution is 2.24. The first-order valence-corrected chi connectivity index (χ1v) is 9.79. The van der Waals surface area contributed by atoms with Crippen molar-refractivity contribution in [3.8, 4) is 11.4 Å². The van der Waals surface area contributed by atoms with Crippen LogP contribution in [0.1, 0.15) is 23.3 Å². The SMILES string of the molecule is COC1CCN(CCNC(=O)c2cc(-c3cc4ccccc4[nH]3)n(C)n2)CC1. The van der Waals surface area contributed by atoms with Gasteiger partial charge in [-0.15, -0.1) is 0 Å². The molecule has 0 radical (unpaired) electrons. The summed E-state index contributed by atoms with van der Waals surface area (Å²) in [4.78, 5) is 18.3. The Morgan fingerprint density at radius 1 is 1.29 bits per heavy atom. The fourth-order valence-corrected chi connectivity index (χ4v) is 3.83. The van der Waals surface area contributed by atoms with Crippen LogP contribution in [0.4, 0.5) is 0 Å². The van der Waals surface area contributed by atoms with E-state index in [2.05, 4.69) is 32.4 Å². The number of likely N-dealkylation sites (tertiary alicyclic amines) is 1. The molecule has 2 aromatic heterocycles. The number of carbonyl (C=O) groups excluding carboxylic acids is 1. The van der Waals surface area contributed by atoms with E-state index >= 15 is 0 Å². The second-order valence-electron chi connectivity index (χ2n) is 7.34. The number of hydrogen-bond donors (Lipinski definition) is 2. The topological polar surface area (TPSA) is 75.2 Å². The van der Waals surface area contributed by atoms with Crippen LogP contribution >= 0.6 is 0 Å². The molecule has 1 saturated heterocycles. The minimum atomic E-state index is -0.135. The van der Waals surface area contributed by atoms with Gasteiger partial charge in [-0.05, 0) is 31.0 Å². The highest BCUT2D eigenvalue weighted by molar-refractivity contribution is 5.94. The number of nitrogens with one attached hydrogen (secondary N) is 2. The van der Waals surface area contributed by atoms with Crippen LogP contribution in [0.3, 0.4) is 0 Å². The Morgan fingerprint density at radius 3 is 2.82 bits per heavy atom. The molecule has 7 nitrogen and oxygen atoms in total. The van der Waals surface area contributed by atoms with Crippen molar-refractivity contribution < 1.29 is 9.53 Å². The number of ether oxygens (including phenoxy) is 1. The van der Waals surface area contributed by atoms with E-state index in [0.717, 1.165) is 54.8 Å². The molecule has 4 rings (SSSR count). The number of para-hydroxylation sites is 1. The van der Waals surface area contributed by atoms with E-state index in [1.54, 1.807) is 11.8 Å². The summed E-state index contributed by atoms with van der Waals surface area (Å²) in [7, 11) is 3.63. The number of H-pyrrole nitrogens is 1. The van der Waals surface area contributed by atoms with Crippen LogP contribution in [-0.2, 0) is 11.8 Å². The summed E-state index contributed by atoms with van der Waals surface area (Å²) < 4.78 is 7.14. The number of methoxy groups -OCH3 is 1. The van der Waals surface area contributed by atoms with Gasteiger partial charge in [0.25, 0.3) is 5.91 Å². The molecular formula is C21H27N5O2. The Hall–Kier alpha value is -2.64. The summed E-state index contributed by atoms with van der Waals surface area (Å²) >= 11 is 0. The predicted molar refractivity (Wildman–Crippen MR) is 109 cm³/mol. The van der Waals surface area contributed by atoms with Crippen LogP contribution in [-0.4, -0.2) is 65.0 Å². The van der Waals surface area contributed by atoms with Gasteiger partial charge in [0.15, 0.2) is 5.69 Å². The minimum absolute atomic E-state index is 0.135. The third-order valence-electron chi connectivity index (χ3n) is 5.50. The molecule has 0 aliphatic carbocycles. The van der Waals surface area contributed by atoms with Crippen LogP contribution in [0.25, 0.3) is 22.3 Å². The van der Waals surface area contributed by atoms with E-state index < -0.39 is 0 Å². The summed E-state index contributed by atoms with van der Waals surface area (Å²) in [6.45, 7) is 3.50. The normalized spacial score (nSPS) is 15.9. The zero-order valence-electron chi connectivity index (χ0n) is 16.4. The van der Waals surface area contributed by atoms with E-state index in [1.165, 1.54) is 0 Å². The monoisotopic (exact) mass is 381 g/mol. The standard InChI is InChI=1S/C21H27N5O2/c1-25-20(18-13-15-5-3-4-6-17(15)23-18)14-19(24-25)21(27)22-9-12-26-10-7-16(28-2)8-11-26/h3-6,13-14,16,23H,7-12H2,1-2H3,(H,22,27). The largest absolute Gasteiger partial charge is 0.381 e. The molecule has 1 aliphatic heterocycles. The fourth-order valence-electron chi connectivity index (χ4n) is 3.83. The molecule has 0 bridgehead atoms. The molecular weight excluding hydrogens is 354 g/mol. The third-order valence-corrected chi connectivity index (χ3v) is 5.50. The minimum Gasteiger partial charge on any atom is -0.381 e. The molecule has 0 spiro atoms. The number of aryl methyl sites for hydroxylation is 1. The van der Waals surface area contributed by atoms with E-state index in [4.69, 9.17) is 4.74 Å². The van der Waals surface area contributed by atoms with Crippen molar-refractivity contribution in [1.82, 2.24) is 25.0 Å². The van der Waals surface area contributed by atoms with Crippen molar-refractivity contribution in [3.63, 3.8) is 0 Å². The van der Waals surface area contributed by atoms with Gasteiger partial charge in [-0.2, -0.15) is 5.10 Å². The molecule has 0 saturated carbocycles. The van der Waals surface area contributed by atoms with Crippen molar-refractivity contribution in [1.29, 1.82) is 0 Å². The lowest BCUT2D eigenvalue weighted by atomic mass is 10.1. The molecule has 28 heavy (non-hydrogen) atoms. The highest BCUT2D eigenvalue weighted by Gasteiger charge is 2.19. The van der Waals surface area contributed by atoms with Crippen LogP contribution in [0.15, 0.2) is 36.4 Å². The van der Waals surface area contributed by atoms with Gasteiger partial charge >= 0.3 is 0 Å². The van der Waals surface area contributed by atoms with Gasteiger partial charge in [0.05, 0.1) is 17.5 Å². The number of amides is 1. The average Bonchev–Trinajstić information content (AvgIpc) is 3.31. The number of benzene rings is 1. The Bertz CT molecular complexity index is 920. The summed E-state index contributed by atoms with van der Waals surface area (Å²) in [6, 6.07) is 12.0. The highest BCUT2D eigenvalue weighted by atomic mass is 16.5. The van der Waals surface area contributed by atoms with Crippen molar-refractivity contribution >= 4 is 16.8 Å². The summed E-state index contributed by atoms with van der Waals surface area (Å²) in [5.74, 6) is -0.135. The van der Waals surface area contributed by atoms with E-state index in [0.29, 0.717) is 18.3 Å². The lowest BCUT2D eigenvalue weighted by Gasteiger charge is -2.31. The quantitative estimate of drug-likeness (QED) is 0.688. The molecule has 1 aliphatic rings. The van der Waals surface area contributed by atoms with Crippen molar-refractivity contribution in [2.45, 2.75) is 18.9 Å².